The molecule has 1 aromatic heterocycles. The van der Waals surface area contributed by atoms with Crippen molar-refractivity contribution in [2.24, 2.45) is 0 Å². The topological polar surface area (TPSA) is 29.6 Å². The Kier molecular flexibility index (Phi) is 1.71. The minimum absolute atomic E-state index is 0.0573. The highest BCUT2D eigenvalue weighted by Crippen LogP contribution is 2.25. The molecule has 1 atom stereocenters. The third kappa shape index (κ3) is 1.45. The molecular formula is C7H5ClO2S. The van der Waals surface area contributed by atoms with Crippen molar-refractivity contribution in [1.29, 1.82) is 0 Å². The van der Waals surface area contributed by atoms with E-state index in [-0.39, 0.29) is 11.9 Å². The zero-order valence-electron chi connectivity index (χ0n) is 5.54. The van der Waals surface area contributed by atoms with Crippen molar-refractivity contribution in [2.45, 2.75) is 6.10 Å². The number of epoxide rings is 1. The zero-order chi connectivity index (χ0) is 7.84. The van der Waals surface area contributed by atoms with E-state index in [0.717, 1.165) is 0 Å². The molecule has 0 N–H and O–H groups in total. The molecule has 0 bridgehead atoms. The van der Waals surface area contributed by atoms with Crippen LogP contribution in [0.2, 0.25) is 4.34 Å². The van der Waals surface area contributed by atoms with Gasteiger partial charge in [-0.15, -0.1) is 11.3 Å². The summed E-state index contributed by atoms with van der Waals surface area (Å²) in [6, 6.07) is 3.46. The number of halogens is 1. The largest absolute Gasteiger partial charge is 0.364 e. The van der Waals surface area contributed by atoms with E-state index in [9.17, 15) is 4.79 Å². The molecule has 0 aromatic carbocycles. The summed E-state index contributed by atoms with van der Waals surface area (Å²) in [5, 5.41) is 0. The number of carbonyl (C=O) groups is 1. The molecule has 0 aliphatic carbocycles. The molecule has 1 fully saturated rings. The number of thiophene rings is 1. The third-order valence-corrected chi connectivity index (χ3v) is 2.69. The summed E-state index contributed by atoms with van der Waals surface area (Å²) in [6.45, 7) is 0.564. The Morgan fingerprint density at radius 2 is 2.45 bits per heavy atom. The lowest BCUT2D eigenvalue weighted by Gasteiger charge is -1.86. The molecule has 1 unspecified atom stereocenters. The van der Waals surface area contributed by atoms with Crippen molar-refractivity contribution >= 4 is 28.7 Å². The molecule has 2 nitrogen and oxygen atoms in total. The van der Waals surface area contributed by atoms with Gasteiger partial charge >= 0.3 is 0 Å². The van der Waals surface area contributed by atoms with Gasteiger partial charge in [0.2, 0.25) is 5.78 Å². The van der Waals surface area contributed by atoms with E-state index < -0.39 is 0 Å². The average Bonchev–Trinajstić information content (AvgIpc) is 2.74. The maximum atomic E-state index is 11.2. The predicted molar refractivity (Wildman–Crippen MR) is 43.4 cm³/mol. The van der Waals surface area contributed by atoms with Crippen molar-refractivity contribution < 1.29 is 9.53 Å². The second-order valence-corrected chi connectivity index (χ2v) is 4.01. The van der Waals surface area contributed by atoms with Crippen LogP contribution in [0.1, 0.15) is 9.67 Å². The highest BCUT2D eigenvalue weighted by atomic mass is 35.5. The van der Waals surface area contributed by atoms with Crippen LogP contribution in [0.4, 0.5) is 0 Å². The molecule has 58 valence electrons. The van der Waals surface area contributed by atoms with Gasteiger partial charge in [-0.1, -0.05) is 11.6 Å². The van der Waals surface area contributed by atoms with Gasteiger partial charge in [-0.25, -0.2) is 0 Å². The molecule has 0 radical (unpaired) electrons. The zero-order valence-corrected chi connectivity index (χ0v) is 7.11. The summed E-state index contributed by atoms with van der Waals surface area (Å²) in [7, 11) is 0. The van der Waals surface area contributed by atoms with Crippen molar-refractivity contribution in [3.63, 3.8) is 0 Å². The monoisotopic (exact) mass is 188 g/mol. The standard InChI is InChI=1S/C7H5ClO2S/c8-6-2-1-5(11-6)7(9)4-3-10-4/h1-2,4H,3H2. The van der Waals surface area contributed by atoms with Crippen molar-refractivity contribution in [3.05, 3.63) is 21.3 Å². The lowest BCUT2D eigenvalue weighted by molar-refractivity contribution is 0.0957. The number of hydrogen-bond acceptors (Lipinski definition) is 3. The highest BCUT2D eigenvalue weighted by molar-refractivity contribution is 7.18. The van der Waals surface area contributed by atoms with Crippen LogP contribution in [-0.4, -0.2) is 18.5 Å². The Morgan fingerprint density at radius 1 is 1.73 bits per heavy atom. The molecule has 2 heterocycles. The summed E-state index contributed by atoms with van der Waals surface area (Å²) in [5.41, 5.74) is 0. The van der Waals surface area contributed by atoms with E-state index >= 15 is 0 Å². The van der Waals surface area contributed by atoms with Gasteiger partial charge in [0.05, 0.1) is 15.8 Å². The number of hydrogen-bond donors (Lipinski definition) is 0. The summed E-state index contributed by atoms with van der Waals surface area (Å²) in [6.07, 6.45) is -0.190. The van der Waals surface area contributed by atoms with E-state index in [1.54, 1.807) is 12.1 Å². The fourth-order valence-electron chi connectivity index (χ4n) is 0.805. The first-order chi connectivity index (χ1) is 5.27. The molecular weight excluding hydrogens is 184 g/mol. The number of Topliss-reactive ketones (excluding diaryl/α,β-unsaturated/α-hetero) is 1. The van der Waals surface area contributed by atoms with Crippen LogP contribution in [-0.2, 0) is 4.74 Å². The van der Waals surface area contributed by atoms with E-state index in [2.05, 4.69) is 0 Å². The van der Waals surface area contributed by atoms with Gasteiger partial charge < -0.3 is 4.74 Å². The number of ketones is 1. The normalized spacial score (nSPS) is 21.7. The number of ether oxygens (including phenoxy) is 1. The van der Waals surface area contributed by atoms with Gasteiger partial charge in [-0.3, -0.25) is 4.79 Å². The van der Waals surface area contributed by atoms with E-state index in [4.69, 9.17) is 16.3 Å². The first kappa shape index (κ1) is 7.28. The lowest BCUT2D eigenvalue weighted by atomic mass is 10.2. The molecule has 1 aliphatic rings. The van der Waals surface area contributed by atoms with Crippen LogP contribution >= 0.6 is 22.9 Å². The maximum Gasteiger partial charge on any atom is 0.203 e. The number of rotatable bonds is 2. The van der Waals surface area contributed by atoms with Gasteiger partial charge in [0.15, 0.2) is 0 Å². The minimum Gasteiger partial charge on any atom is -0.364 e. The van der Waals surface area contributed by atoms with E-state index in [0.29, 0.717) is 15.8 Å². The van der Waals surface area contributed by atoms with Crippen molar-refractivity contribution in [1.82, 2.24) is 0 Å². The molecule has 11 heavy (non-hydrogen) atoms. The molecule has 1 saturated heterocycles. The Balaban J connectivity index is 2.21. The molecule has 1 aliphatic heterocycles. The third-order valence-electron chi connectivity index (χ3n) is 1.44. The first-order valence-corrected chi connectivity index (χ1v) is 4.38. The fourth-order valence-corrected chi connectivity index (χ4v) is 1.83. The van der Waals surface area contributed by atoms with Gasteiger partial charge in [-0.2, -0.15) is 0 Å². The van der Waals surface area contributed by atoms with Gasteiger partial charge in [0, 0.05) is 0 Å². The van der Waals surface area contributed by atoms with Gasteiger partial charge in [0.1, 0.15) is 6.10 Å². The predicted octanol–water partition coefficient (Wildman–Crippen LogP) is 1.98. The highest BCUT2D eigenvalue weighted by Gasteiger charge is 2.32. The van der Waals surface area contributed by atoms with Crippen LogP contribution in [0.25, 0.3) is 0 Å². The summed E-state index contributed by atoms with van der Waals surface area (Å²) < 4.78 is 5.50. The number of carbonyl (C=O) groups excluding carboxylic acids is 1. The van der Waals surface area contributed by atoms with Gasteiger partial charge in [-0.05, 0) is 12.1 Å². The van der Waals surface area contributed by atoms with Crippen LogP contribution in [0.15, 0.2) is 12.1 Å². The molecule has 0 spiro atoms. The second-order valence-electron chi connectivity index (χ2n) is 2.29. The molecule has 0 saturated carbocycles. The molecule has 2 rings (SSSR count). The summed E-state index contributed by atoms with van der Waals surface area (Å²) in [5.74, 6) is 0.0573. The summed E-state index contributed by atoms with van der Waals surface area (Å²) in [4.78, 5) is 11.9. The van der Waals surface area contributed by atoms with Gasteiger partial charge in [0.25, 0.3) is 0 Å². The quantitative estimate of drug-likeness (QED) is 0.525. The van der Waals surface area contributed by atoms with E-state index in [1.165, 1.54) is 11.3 Å². The molecule has 4 heteroatoms. The maximum absolute atomic E-state index is 11.2. The Bertz CT molecular complexity index is 290. The van der Waals surface area contributed by atoms with Crippen LogP contribution in [0, 0.1) is 0 Å². The van der Waals surface area contributed by atoms with Crippen LogP contribution < -0.4 is 0 Å². The smallest absolute Gasteiger partial charge is 0.203 e. The first-order valence-electron chi connectivity index (χ1n) is 3.18. The second kappa shape index (κ2) is 2.59. The van der Waals surface area contributed by atoms with Crippen LogP contribution in [0.5, 0.6) is 0 Å². The Labute approximate surface area is 72.7 Å². The fraction of sp³-hybridized carbons (Fsp3) is 0.286. The molecule has 0 amide bonds. The average molecular weight is 189 g/mol. The SMILES string of the molecule is O=C(c1ccc(Cl)s1)C1CO1. The minimum atomic E-state index is -0.190. The van der Waals surface area contributed by atoms with Crippen molar-refractivity contribution in [3.8, 4) is 0 Å². The van der Waals surface area contributed by atoms with Crippen molar-refractivity contribution in [2.75, 3.05) is 6.61 Å². The Morgan fingerprint density at radius 3 is 2.91 bits per heavy atom. The molecule has 1 aromatic rings. The summed E-state index contributed by atoms with van der Waals surface area (Å²) >= 11 is 6.96. The van der Waals surface area contributed by atoms with Crippen LogP contribution in [0.3, 0.4) is 0 Å². The van der Waals surface area contributed by atoms with E-state index in [1.807, 2.05) is 0 Å². The lowest BCUT2D eigenvalue weighted by Crippen LogP contribution is -2.03. The Hall–Kier alpha value is -0.380.